The smallest absolute Gasteiger partial charge is 0.406 e. The Morgan fingerprint density at radius 3 is 2.59 bits per heavy atom. The van der Waals surface area contributed by atoms with Gasteiger partial charge in [-0.25, -0.2) is 19.0 Å². The number of aryl methyl sites for hydroxylation is 2. The van der Waals surface area contributed by atoms with E-state index in [1.54, 1.807) is 36.0 Å². The number of halogens is 4. The van der Waals surface area contributed by atoms with E-state index in [0.29, 0.717) is 22.2 Å². The third-order valence-corrected chi connectivity index (χ3v) is 7.64. The highest BCUT2D eigenvalue weighted by Crippen LogP contribution is 2.31. The van der Waals surface area contributed by atoms with Gasteiger partial charge in [0.15, 0.2) is 11.0 Å². The maximum Gasteiger partial charge on any atom is 0.573 e. The summed E-state index contributed by atoms with van der Waals surface area (Å²) in [5.74, 6) is 0.229. The van der Waals surface area contributed by atoms with Crippen LogP contribution >= 0.6 is 11.8 Å². The summed E-state index contributed by atoms with van der Waals surface area (Å²) in [7, 11) is 0. The number of ether oxygens (including phenoxy) is 1. The van der Waals surface area contributed by atoms with Gasteiger partial charge in [-0.3, -0.25) is 0 Å². The quantitative estimate of drug-likeness (QED) is 0.147. The number of nitrogens with one attached hydrogen (secondary N) is 1. The minimum atomic E-state index is -4.77. The van der Waals surface area contributed by atoms with E-state index in [-0.39, 0.29) is 11.3 Å². The zero-order valence-electron chi connectivity index (χ0n) is 23.9. The summed E-state index contributed by atoms with van der Waals surface area (Å²) < 4.78 is 57.4. The van der Waals surface area contributed by atoms with E-state index >= 15 is 0 Å². The van der Waals surface area contributed by atoms with Crippen molar-refractivity contribution < 1.29 is 27.4 Å². The van der Waals surface area contributed by atoms with Crippen molar-refractivity contribution in [2.45, 2.75) is 39.4 Å². The molecule has 0 radical (unpaired) electrons. The van der Waals surface area contributed by atoms with Crippen molar-refractivity contribution in [1.82, 2.24) is 20.1 Å². The molecule has 0 aliphatic carbocycles. The summed E-state index contributed by atoms with van der Waals surface area (Å²) in [5, 5.41) is 18.2. The fraction of sp³-hybridized carbons (Fsp3) is 0.258. The number of amidine groups is 1. The highest BCUT2D eigenvalue weighted by Gasteiger charge is 2.31. The van der Waals surface area contributed by atoms with Crippen LogP contribution in [0.3, 0.4) is 0 Å². The maximum absolute atomic E-state index is 14.9. The second kappa shape index (κ2) is 13.5. The molecule has 0 amide bonds. The molecule has 1 aliphatic heterocycles. The van der Waals surface area contributed by atoms with Gasteiger partial charge in [-0.2, -0.15) is 0 Å². The van der Waals surface area contributed by atoms with Gasteiger partial charge in [-0.05, 0) is 54.8 Å². The Bertz CT molecular complexity index is 1640. The largest absolute Gasteiger partial charge is 0.573 e. The number of nitrogens with zero attached hydrogens (tertiary/aromatic N) is 5. The number of hydrogen-bond donors (Lipinski definition) is 2. The summed E-state index contributed by atoms with van der Waals surface area (Å²) >= 11 is 1.54. The second-order valence-electron chi connectivity index (χ2n) is 9.96. The minimum absolute atomic E-state index is 0.265. The minimum Gasteiger partial charge on any atom is -0.406 e. The van der Waals surface area contributed by atoms with Crippen molar-refractivity contribution in [2.75, 3.05) is 17.2 Å². The first-order chi connectivity index (χ1) is 21.1. The van der Waals surface area contributed by atoms with Gasteiger partial charge in [-0.1, -0.05) is 61.5 Å². The zero-order valence-corrected chi connectivity index (χ0v) is 24.7. The molecule has 0 spiro atoms. The van der Waals surface area contributed by atoms with E-state index in [1.165, 1.54) is 40.8 Å². The predicted octanol–water partition coefficient (Wildman–Crippen LogP) is 6.84. The van der Waals surface area contributed by atoms with Crippen LogP contribution in [-0.2, 0) is 6.42 Å². The lowest BCUT2D eigenvalue weighted by atomic mass is 10.0. The molecule has 1 saturated heterocycles. The van der Waals surface area contributed by atoms with Crippen molar-refractivity contribution in [3.8, 4) is 22.8 Å². The Kier molecular flexibility index (Phi) is 9.55. The Morgan fingerprint density at radius 2 is 1.89 bits per heavy atom. The van der Waals surface area contributed by atoms with E-state index in [9.17, 15) is 22.7 Å². The Balaban J connectivity index is 1.22. The summed E-state index contributed by atoms with van der Waals surface area (Å²) in [6.07, 6.45) is -1.67. The van der Waals surface area contributed by atoms with Gasteiger partial charge in [0.25, 0.3) is 0 Å². The molecule has 44 heavy (non-hydrogen) atoms. The van der Waals surface area contributed by atoms with Gasteiger partial charge >= 0.3 is 6.36 Å². The molecule has 3 aromatic carbocycles. The van der Waals surface area contributed by atoms with Crippen LogP contribution in [0.2, 0.25) is 0 Å². The molecule has 2 N–H and O–H groups in total. The first-order valence-corrected chi connectivity index (χ1v) is 14.8. The van der Waals surface area contributed by atoms with Crippen LogP contribution in [0.15, 0.2) is 84.2 Å². The van der Waals surface area contributed by atoms with Crippen LogP contribution in [0.5, 0.6) is 5.75 Å². The summed E-state index contributed by atoms with van der Waals surface area (Å²) in [6.45, 7) is 4.95. The van der Waals surface area contributed by atoms with Crippen molar-refractivity contribution in [3.05, 3.63) is 95.9 Å². The number of thioether (sulfide) groups is 1. The molecule has 13 heteroatoms. The topological polar surface area (TPSA) is 87.8 Å². The second-order valence-corrected chi connectivity index (χ2v) is 11.0. The van der Waals surface area contributed by atoms with Gasteiger partial charge in [0.1, 0.15) is 17.9 Å². The summed E-state index contributed by atoms with van der Waals surface area (Å²) in [6, 6.07) is 17.9. The monoisotopic (exact) mass is 626 g/mol. The van der Waals surface area contributed by atoms with Crippen LogP contribution in [0, 0.1) is 6.92 Å². The maximum atomic E-state index is 14.9. The van der Waals surface area contributed by atoms with Crippen LogP contribution in [0.1, 0.15) is 30.0 Å². The molecule has 5 rings (SSSR count). The molecule has 1 aromatic heterocycles. The fourth-order valence-corrected chi connectivity index (χ4v) is 5.59. The van der Waals surface area contributed by atoms with E-state index in [1.807, 2.05) is 6.92 Å². The standard InChI is InChI=1S/C31H30F4N6O2S/c1-3-4-22-6-5-20(2)17-27(22)40-15-16-44-30(40)38-29(42)36-18-26(32)21-7-9-23(10-8-21)28-37-19-41(39-28)24-11-13-25(14-12-24)43-31(33,34)35/h5-14,17-19,29,36,42H,3-4,15-16H2,1-2H3/b26-18-,38-30-. The average molecular weight is 627 g/mol. The highest BCUT2D eigenvalue weighted by molar-refractivity contribution is 8.14. The van der Waals surface area contributed by atoms with E-state index < -0.39 is 18.5 Å². The third kappa shape index (κ3) is 7.77. The molecule has 230 valence electrons. The number of aliphatic imine (C=N–C) groups is 1. The number of alkyl halides is 3. The SMILES string of the molecule is CCCc1ccc(C)cc1N1CCS/C1=N\C(O)N/C=C(\F)c1ccc(-c2ncn(-c3ccc(OC(F)(F)F)cc3)n2)cc1. The lowest BCUT2D eigenvalue weighted by Crippen LogP contribution is -2.29. The summed E-state index contributed by atoms with van der Waals surface area (Å²) in [5.41, 5.74) is 4.80. The molecule has 1 atom stereocenters. The normalized spacial score (nSPS) is 15.6. The third-order valence-electron chi connectivity index (χ3n) is 6.67. The number of benzene rings is 3. The van der Waals surface area contributed by atoms with E-state index in [2.05, 4.69) is 55.2 Å². The molecular formula is C31H30F4N6O2S. The fourth-order valence-electron chi connectivity index (χ4n) is 4.61. The molecule has 1 fully saturated rings. The Hall–Kier alpha value is -4.36. The van der Waals surface area contributed by atoms with Gasteiger partial charge in [0.05, 0.1) is 5.69 Å². The van der Waals surface area contributed by atoms with Crippen molar-refractivity contribution in [1.29, 1.82) is 0 Å². The number of hydrogen-bond acceptors (Lipinski definition) is 7. The van der Waals surface area contributed by atoms with Crippen molar-refractivity contribution >= 4 is 28.4 Å². The molecule has 0 saturated carbocycles. The Morgan fingerprint density at radius 1 is 1.14 bits per heavy atom. The van der Waals surface area contributed by atoms with Crippen LogP contribution in [0.4, 0.5) is 23.2 Å². The van der Waals surface area contributed by atoms with E-state index in [0.717, 1.165) is 42.6 Å². The van der Waals surface area contributed by atoms with Gasteiger partial charge in [0.2, 0.25) is 6.35 Å². The highest BCUT2D eigenvalue weighted by atomic mass is 32.2. The number of aliphatic hydroxyl groups excluding tert-OH is 1. The number of anilines is 1. The number of aliphatic hydroxyl groups is 1. The Labute approximate surface area is 256 Å². The van der Waals surface area contributed by atoms with Gasteiger partial charge in [-0.15, -0.1) is 18.3 Å². The van der Waals surface area contributed by atoms with Crippen LogP contribution < -0.4 is 15.0 Å². The first kappa shape index (κ1) is 31.1. The predicted molar refractivity (Wildman–Crippen MR) is 164 cm³/mol. The zero-order chi connectivity index (χ0) is 31.3. The lowest BCUT2D eigenvalue weighted by molar-refractivity contribution is -0.274. The van der Waals surface area contributed by atoms with Crippen LogP contribution in [0.25, 0.3) is 22.9 Å². The lowest BCUT2D eigenvalue weighted by Gasteiger charge is -2.23. The van der Waals surface area contributed by atoms with Crippen LogP contribution in [-0.4, -0.2) is 50.1 Å². The number of rotatable bonds is 10. The van der Waals surface area contributed by atoms with Gasteiger partial charge < -0.3 is 20.1 Å². The van der Waals surface area contributed by atoms with Crippen molar-refractivity contribution in [2.24, 2.45) is 4.99 Å². The molecule has 4 aromatic rings. The molecule has 8 nitrogen and oxygen atoms in total. The molecule has 1 aliphatic rings. The first-order valence-electron chi connectivity index (χ1n) is 13.9. The molecule has 2 heterocycles. The number of aromatic nitrogens is 3. The van der Waals surface area contributed by atoms with Gasteiger partial charge in [0, 0.05) is 35.3 Å². The molecule has 0 bridgehead atoms. The molecule has 1 unspecified atom stereocenters. The summed E-state index contributed by atoms with van der Waals surface area (Å²) in [4.78, 5) is 10.7. The average Bonchev–Trinajstić information content (AvgIpc) is 3.67. The molecular weight excluding hydrogens is 596 g/mol. The van der Waals surface area contributed by atoms with E-state index in [4.69, 9.17) is 0 Å². The van der Waals surface area contributed by atoms with Crippen molar-refractivity contribution in [3.63, 3.8) is 0 Å².